The number of anilines is 1. The number of hydrogen-bond donors (Lipinski definition) is 2. The number of nitrogens with zero attached hydrogens (tertiary/aromatic N) is 1. The number of nitrogens with two attached hydrogens (primary N) is 1. The molecule has 2 unspecified atom stereocenters. The van der Waals surface area contributed by atoms with Crippen molar-refractivity contribution in [1.82, 2.24) is 5.32 Å². The second kappa shape index (κ2) is 9.64. The second-order valence-electron chi connectivity index (χ2n) is 6.32. The van der Waals surface area contributed by atoms with Gasteiger partial charge in [-0.25, -0.2) is 0 Å². The topological polar surface area (TPSA) is 75.4 Å². The van der Waals surface area contributed by atoms with Gasteiger partial charge in [-0.3, -0.25) is 9.59 Å². The maximum absolute atomic E-state index is 12.4. The van der Waals surface area contributed by atoms with Crippen LogP contribution in [0.4, 0.5) is 5.69 Å². The molecule has 1 saturated heterocycles. The van der Waals surface area contributed by atoms with Crippen molar-refractivity contribution in [2.75, 3.05) is 18.0 Å². The maximum atomic E-state index is 12.4. The third-order valence-corrected chi connectivity index (χ3v) is 4.38. The van der Waals surface area contributed by atoms with Crippen LogP contribution in [0.2, 0.25) is 0 Å². The molecule has 3 N–H and O–H groups in total. The molecule has 5 nitrogen and oxygen atoms in total. The zero-order valence-electron chi connectivity index (χ0n) is 14.5. The Morgan fingerprint density at radius 3 is 2.62 bits per heavy atom. The fourth-order valence-electron chi connectivity index (χ4n) is 2.88. The van der Waals surface area contributed by atoms with E-state index < -0.39 is 0 Å². The van der Waals surface area contributed by atoms with Crippen molar-refractivity contribution < 1.29 is 9.59 Å². The van der Waals surface area contributed by atoms with E-state index in [1.807, 2.05) is 31.2 Å². The van der Waals surface area contributed by atoms with Gasteiger partial charge in [0.2, 0.25) is 11.8 Å². The lowest BCUT2D eigenvalue weighted by Crippen LogP contribution is -2.43. The molecule has 0 spiro atoms. The lowest BCUT2D eigenvalue weighted by atomic mass is 10.1. The SMILES string of the molecule is CCCCC(CN)NC(=O)C1CC(=O)N(c2ccc(C)cc2)C1.Cl. The Bertz CT molecular complexity index is 548. The van der Waals surface area contributed by atoms with Crippen molar-refractivity contribution in [3.8, 4) is 0 Å². The van der Waals surface area contributed by atoms with Gasteiger partial charge in [0.25, 0.3) is 0 Å². The van der Waals surface area contributed by atoms with Gasteiger partial charge < -0.3 is 16.0 Å². The average Bonchev–Trinajstić information content (AvgIpc) is 2.94. The van der Waals surface area contributed by atoms with Crippen molar-refractivity contribution in [2.24, 2.45) is 11.7 Å². The number of halogens is 1. The van der Waals surface area contributed by atoms with Crippen LogP contribution in [0.15, 0.2) is 24.3 Å². The van der Waals surface area contributed by atoms with E-state index in [0.717, 1.165) is 30.5 Å². The maximum Gasteiger partial charge on any atom is 0.227 e. The van der Waals surface area contributed by atoms with Crippen LogP contribution in [-0.2, 0) is 9.59 Å². The monoisotopic (exact) mass is 353 g/mol. The Kier molecular flexibility index (Phi) is 8.22. The molecule has 1 aromatic rings. The molecule has 0 saturated carbocycles. The van der Waals surface area contributed by atoms with Crippen molar-refractivity contribution in [2.45, 2.75) is 45.6 Å². The van der Waals surface area contributed by atoms with Crippen LogP contribution in [0.5, 0.6) is 0 Å². The fraction of sp³-hybridized carbons (Fsp3) is 0.556. The number of hydrogen-bond acceptors (Lipinski definition) is 3. The molecule has 134 valence electrons. The van der Waals surface area contributed by atoms with Gasteiger partial charge in [0.15, 0.2) is 0 Å². The van der Waals surface area contributed by atoms with E-state index in [-0.39, 0.29) is 42.6 Å². The molecule has 1 aliphatic heterocycles. The lowest BCUT2D eigenvalue weighted by Gasteiger charge is -2.20. The Balaban J connectivity index is 0.00000288. The molecule has 1 aliphatic rings. The summed E-state index contributed by atoms with van der Waals surface area (Å²) >= 11 is 0. The molecule has 0 aliphatic carbocycles. The van der Waals surface area contributed by atoms with E-state index in [9.17, 15) is 9.59 Å². The molecule has 1 aromatic carbocycles. The van der Waals surface area contributed by atoms with E-state index in [0.29, 0.717) is 13.1 Å². The summed E-state index contributed by atoms with van der Waals surface area (Å²) < 4.78 is 0. The molecular formula is C18H28ClN3O2. The standard InChI is InChI=1S/C18H27N3O2.ClH/c1-3-4-5-15(11-19)20-18(23)14-10-17(22)21(12-14)16-8-6-13(2)7-9-16;/h6-9,14-15H,3-5,10-12,19H2,1-2H3,(H,20,23);1H. The molecular weight excluding hydrogens is 326 g/mol. The first-order valence-electron chi connectivity index (χ1n) is 8.42. The first-order valence-corrected chi connectivity index (χ1v) is 8.42. The van der Waals surface area contributed by atoms with Gasteiger partial charge >= 0.3 is 0 Å². The van der Waals surface area contributed by atoms with Gasteiger partial charge in [0.1, 0.15) is 0 Å². The first-order chi connectivity index (χ1) is 11.0. The number of carbonyl (C=O) groups is 2. The van der Waals surface area contributed by atoms with Crippen LogP contribution >= 0.6 is 12.4 Å². The minimum absolute atomic E-state index is 0. The number of aryl methyl sites for hydroxylation is 1. The molecule has 0 aromatic heterocycles. The third-order valence-electron chi connectivity index (χ3n) is 4.38. The quantitative estimate of drug-likeness (QED) is 0.790. The fourth-order valence-corrected chi connectivity index (χ4v) is 2.88. The van der Waals surface area contributed by atoms with Crippen molar-refractivity contribution in [3.05, 3.63) is 29.8 Å². The van der Waals surface area contributed by atoms with Crippen LogP contribution in [-0.4, -0.2) is 30.9 Å². The van der Waals surface area contributed by atoms with Crippen molar-refractivity contribution in [3.63, 3.8) is 0 Å². The summed E-state index contributed by atoms with van der Waals surface area (Å²) in [5, 5.41) is 3.00. The molecule has 0 radical (unpaired) electrons. The van der Waals surface area contributed by atoms with Gasteiger partial charge in [-0.15, -0.1) is 12.4 Å². The number of amides is 2. The zero-order chi connectivity index (χ0) is 16.8. The largest absolute Gasteiger partial charge is 0.352 e. The summed E-state index contributed by atoms with van der Waals surface area (Å²) in [5.74, 6) is -0.342. The highest BCUT2D eigenvalue weighted by atomic mass is 35.5. The summed E-state index contributed by atoms with van der Waals surface area (Å²) in [6.45, 7) is 5.01. The summed E-state index contributed by atoms with van der Waals surface area (Å²) in [7, 11) is 0. The number of carbonyl (C=O) groups excluding carboxylic acids is 2. The van der Waals surface area contributed by atoms with Gasteiger partial charge in [-0.1, -0.05) is 37.5 Å². The van der Waals surface area contributed by atoms with Crippen LogP contribution in [0.3, 0.4) is 0 Å². The highest BCUT2D eigenvalue weighted by Gasteiger charge is 2.35. The highest BCUT2D eigenvalue weighted by molar-refractivity contribution is 6.00. The predicted octanol–water partition coefficient (Wildman–Crippen LogP) is 2.40. The highest BCUT2D eigenvalue weighted by Crippen LogP contribution is 2.25. The van der Waals surface area contributed by atoms with Crippen LogP contribution < -0.4 is 16.0 Å². The van der Waals surface area contributed by atoms with Crippen molar-refractivity contribution >= 4 is 29.9 Å². The Morgan fingerprint density at radius 1 is 1.38 bits per heavy atom. The Hall–Kier alpha value is -1.59. The molecule has 0 bridgehead atoms. The summed E-state index contributed by atoms with van der Waals surface area (Å²) in [4.78, 5) is 26.3. The van der Waals surface area contributed by atoms with Crippen LogP contribution in [0.1, 0.15) is 38.2 Å². The molecule has 24 heavy (non-hydrogen) atoms. The van der Waals surface area contributed by atoms with Gasteiger partial charge in [-0.05, 0) is 25.5 Å². The number of unbranched alkanes of at least 4 members (excludes halogenated alkanes) is 1. The zero-order valence-corrected chi connectivity index (χ0v) is 15.3. The Labute approximate surface area is 150 Å². The number of rotatable bonds is 7. The number of nitrogens with one attached hydrogen (secondary N) is 1. The Morgan fingerprint density at radius 2 is 2.04 bits per heavy atom. The predicted molar refractivity (Wildman–Crippen MR) is 99.4 cm³/mol. The van der Waals surface area contributed by atoms with E-state index >= 15 is 0 Å². The minimum atomic E-state index is -0.292. The summed E-state index contributed by atoms with van der Waals surface area (Å²) in [5.41, 5.74) is 7.74. The molecule has 2 atom stereocenters. The summed E-state index contributed by atoms with van der Waals surface area (Å²) in [6.07, 6.45) is 3.28. The van der Waals surface area contributed by atoms with E-state index in [2.05, 4.69) is 12.2 Å². The number of benzene rings is 1. The smallest absolute Gasteiger partial charge is 0.227 e. The van der Waals surface area contributed by atoms with Gasteiger partial charge in [-0.2, -0.15) is 0 Å². The minimum Gasteiger partial charge on any atom is -0.352 e. The third kappa shape index (κ3) is 5.21. The molecule has 2 amide bonds. The molecule has 1 heterocycles. The average molecular weight is 354 g/mol. The van der Waals surface area contributed by atoms with E-state index in [4.69, 9.17) is 5.73 Å². The van der Waals surface area contributed by atoms with Crippen LogP contribution in [0.25, 0.3) is 0 Å². The first kappa shape index (κ1) is 20.5. The molecule has 6 heteroatoms. The van der Waals surface area contributed by atoms with E-state index in [1.54, 1.807) is 4.90 Å². The van der Waals surface area contributed by atoms with Gasteiger partial charge in [0.05, 0.1) is 5.92 Å². The summed E-state index contributed by atoms with van der Waals surface area (Å²) in [6, 6.07) is 7.82. The van der Waals surface area contributed by atoms with E-state index in [1.165, 1.54) is 0 Å². The van der Waals surface area contributed by atoms with Crippen LogP contribution in [0, 0.1) is 12.8 Å². The lowest BCUT2D eigenvalue weighted by molar-refractivity contribution is -0.126. The molecule has 1 fully saturated rings. The normalized spacial score (nSPS) is 18.2. The van der Waals surface area contributed by atoms with Crippen molar-refractivity contribution in [1.29, 1.82) is 0 Å². The molecule has 2 rings (SSSR count). The second-order valence-corrected chi connectivity index (χ2v) is 6.32. The van der Waals surface area contributed by atoms with Gasteiger partial charge in [0, 0.05) is 31.2 Å².